The fourth-order valence-electron chi connectivity index (χ4n) is 1.88. The molecule has 112 valence electrons. The Hall–Kier alpha value is -2.80. The standard InChI is InChI=1S/C18H18N2O2/c1-3-13(2)22-16-10-8-14(9-11-16)18(21)20-17-7-5-4-6-15(17)12-19/h4-11,13H,3H2,1-2H3,(H,20,21). The lowest BCUT2D eigenvalue weighted by Crippen LogP contribution is -2.13. The van der Waals surface area contributed by atoms with Gasteiger partial charge in [0.25, 0.3) is 5.91 Å². The van der Waals surface area contributed by atoms with Crippen molar-refractivity contribution >= 4 is 11.6 Å². The summed E-state index contributed by atoms with van der Waals surface area (Å²) in [5, 5.41) is 11.8. The van der Waals surface area contributed by atoms with E-state index in [0.717, 1.165) is 12.2 Å². The number of hydrogen-bond acceptors (Lipinski definition) is 3. The minimum Gasteiger partial charge on any atom is -0.491 e. The number of carbonyl (C=O) groups excluding carboxylic acids is 1. The molecule has 0 bridgehead atoms. The highest BCUT2D eigenvalue weighted by Crippen LogP contribution is 2.18. The predicted octanol–water partition coefficient (Wildman–Crippen LogP) is 3.99. The third kappa shape index (κ3) is 3.86. The maximum absolute atomic E-state index is 12.2. The van der Waals surface area contributed by atoms with E-state index in [-0.39, 0.29) is 12.0 Å². The molecule has 0 aliphatic heterocycles. The van der Waals surface area contributed by atoms with Crippen molar-refractivity contribution in [2.75, 3.05) is 5.32 Å². The van der Waals surface area contributed by atoms with Gasteiger partial charge in [-0.1, -0.05) is 19.1 Å². The highest BCUT2D eigenvalue weighted by atomic mass is 16.5. The minimum absolute atomic E-state index is 0.141. The average molecular weight is 294 g/mol. The van der Waals surface area contributed by atoms with E-state index in [2.05, 4.69) is 18.3 Å². The maximum Gasteiger partial charge on any atom is 0.255 e. The van der Waals surface area contributed by atoms with Gasteiger partial charge < -0.3 is 10.1 Å². The van der Waals surface area contributed by atoms with E-state index in [1.54, 1.807) is 48.5 Å². The number of para-hydroxylation sites is 1. The highest BCUT2D eigenvalue weighted by molar-refractivity contribution is 6.04. The van der Waals surface area contributed by atoms with Gasteiger partial charge in [-0.25, -0.2) is 0 Å². The predicted molar refractivity (Wildman–Crippen MR) is 85.9 cm³/mol. The van der Waals surface area contributed by atoms with Gasteiger partial charge in [0, 0.05) is 5.56 Å². The number of nitriles is 1. The fourth-order valence-corrected chi connectivity index (χ4v) is 1.88. The molecular weight excluding hydrogens is 276 g/mol. The molecule has 2 rings (SSSR count). The molecule has 1 amide bonds. The number of hydrogen-bond donors (Lipinski definition) is 1. The lowest BCUT2D eigenvalue weighted by atomic mass is 10.1. The summed E-state index contributed by atoms with van der Waals surface area (Å²) in [4.78, 5) is 12.2. The number of anilines is 1. The van der Waals surface area contributed by atoms with Gasteiger partial charge in [-0.05, 0) is 49.7 Å². The maximum atomic E-state index is 12.2. The largest absolute Gasteiger partial charge is 0.491 e. The summed E-state index contributed by atoms with van der Waals surface area (Å²) in [6.07, 6.45) is 1.06. The molecule has 2 aromatic rings. The number of benzene rings is 2. The third-order valence-electron chi connectivity index (χ3n) is 3.32. The van der Waals surface area contributed by atoms with Gasteiger partial charge in [0.05, 0.1) is 17.4 Å². The van der Waals surface area contributed by atoms with Gasteiger partial charge in [0.2, 0.25) is 0 Å². The number of carbonyl (C=O) groups is 1. The second-order valence-electron chi connectivity index (χ2n) is 4.97. The number of ether oxygens (including phenoxy) is 1. The summed E-state index contributed by atoms with van der Waals surface area (Å²) < 4.78 is 5.68. The zero-order valence-electron chi connectivity index (χ0n) is 12.7. The number of nitrogens with one attached hydrogen (secondary N) is 1. The molecule has 4 heteroatoms. The van der Waals surface area contributed by atoms with Crippen molar-refractivity contribution in [3.05, 3.63) is 59.7 Å². The molecular formula is C18H18N2O2. The minimum atomic E-state index is -0.252. The van der Waals surface area contributed by atoms with Crippen molar-refractivity contribution in [1.29, 1.82) is 5.26 Å². The molecule has 4 nitrogen and oxygen atoms in total. The topological polar surface area (TPSA) is 62.1 Å². The van der Waals surface area contributed by atoms with E-state index in [9.17, 15) is 4.79 Å². The third-order valence-corrected chi connectivity index (χ3v) is 3.32. The van der Waals surface area contributed by atoms with Crippen LogP contribution in [0.2, 0.25) is 0 Å². The lowest BCUT2D eigenvalue weighted by Gasteiger charge is -2.13. The summed E-state index contributed by atoms with van der Waals surface area (Å²) in [6, 6.07) is 15.9. The van der Waals surface area contributed by atoms with Crippen molar-refractivity contribution in [3.63, 3.8) is 0 Å². The molecule has 0 spiro atoms. The molecule has 0 radical (unpaired) electrons. The first-order valence-electron chi connectivity index (χ1n) is 7.21. The summed E-state index contributed by atoms with van der Waals surface area (Å²) in [6.45, 7) is 4.05. The Balaban J connectivity index is 2.09. The van der Waals surface area contributed by atoms with Crippen LogP contribution in [-0.4, -0.2) is 12.0 Å². The molecule has 0 heterocycles. The highest BCUT2D eigenvalue weighted by Gasteiger charge is 2.09. The van der Waals surface area contributed by atoms with E-state index < -0.39 is 0 Å². The fraction of sp³-hybridized carbons (Fsp3) is 0.222. The van der Waals surface area contributed by atoms with Gasteiger partial charge in [-0.2, -0.15) is 5.26 Å². The van der Waals surface area contributed by atoms with E-state index in [1.165, 1.54) is 0 Å². The molecule has 1 N–H and O–H groups in total. The molecule has 0 aliphatic rings. The van der Waals surface area contributed by atoms with Gasteiger partial charge in [-0.3, -0.25) is 4.79 Å². The van der Waals surface area contributed by atoms with Gasteiger partial charge >= 0.3 is 0 Å². The lowest BCUT2D eigenvalue weighted by molar-refractivity contribution is 0.102. The Bertz CT molecular complexity index is 687. The average Bonchev–Trinajstić information content (AvgIpc) is 2.55. The van der Waals surface area contributed by atoms with Crippen LogP contribution in [0, 0.1) is 11.3 Å². The Morgan fingerprint density at radius 1 is 1.23 bits per heavy atom. The van der Waals surface area contributed by atoms with Crippen LogP contribution in [-0.2, 0) is 0 Å². The first-order valence-corrected chi connectivity index (χ1v) is 7.21. The van der Waals surface area contributed by atoms with Crippen molar-refractivity contribution in [1.82, 2.24) is 0 Å². The van der Waals surface area contributed by atoms with Crippen LogP contribution in [0.1, 0.15) is 36.2 Å². The van der Waals surface area contributed by atoms with E-state index in [0.29, 0.717) is 16.8 Å². The quantitative estimate of drug-likeness (QED) is 0.907. The summed E-state index contributed by atoms with van der Waals surface area (Å²) in [7, 11) is 0. The second kappa shape index (κ2) is 7.28. The molecule has 1 unspecified atom stereocenters. The molecule has 0 fully saturated rings. The Morgan fingerprint density at radius 3 is 2.55 bits per heavy atom. The van der Waals surface area contributed by atoms with E-state index >= 15 is 0 Å². The smallest absolute Gasteiger partial charge is 0.255 e. The van der Waals surface area contributed by atoms with Crippen LogP contribution in [0.25, 0.3) is 0 Å². The van der Waals surface area contributed by atoms with Crippen LogP contribution in [0.4, 0.5) is 5.69 Å². The first kappa shape index (κ1) is 15.6. The van der Waals surface area contributed by atoms with E-state index in [1.807, 2.05) is 6.92 Å². The first-order chi connectivity index (χ1) is 10.6. The van der Waals surface area contributed by atoms with Gasteiger partial charge in [0.15, 0.2) is 0 Å². The van der Waals surface area contributed by atoms with Gasteiger partial charge in [-0.15, -0.1) is 0 Å². The molecule has 0 aliphatic carbocycles. The van der Waals surface area contributed by atoms with Crippen LogP contribution < -0.4 is 10.1 Å². The zero-order valence-corrected chi connectivity index (χ0v) is 12.7. The zero-order chi connectivity index (χ0) is 15.9. The molecule has 0 saturated heterocycles. The SMILES string of the molecule is CCC(C)Oc1ccc(C(=O)Nc2ccccc2C#N)cc1. The normalized spacial score (nSPS) is 11.3. The summed E-state index contributed by atoms with van der Waals surface area (Å²) in [5.74, 6) is 0.487. The number of rotatable bonds is 5. The molecule has 2 aromatic carbocycles. The Labute approximate surface area is 130 Å². The van der Waals surface area contributed by atoms with Crippen molar-refractivity contribution in [2.24, 2.45) is 0 Å². The number of amides is 1. The Kier molecular flexibility index (Phi) is 5.16. The van der Waals surface area contributed by atoms with Crippen LogP contribution >= 0.6 is 0 Å². The number of nitrogens with zero attached hydrogens (tertiary/aromatic N) is 1. The second-order valence-corrected chi connectivity index (χ2v) is 4.97. The molecule has 22 heavy (non-hydrogen) atoms. The van der Waals surface area contributed by atoms with Crippen molar-refractivity contribution in [2.45, 2.75) is 26.4 Å². The monoisotopic (exact) mass is 294 g/mol. The molecule has 0 saturated carbocycles. The summed E-state index contributed by atoms with van der Waals surface area (Å²) >= 11 is 0. The van der Waals surface area contributed by atoms with Gasteiger partial charge in [0.1, 0.15) is 11.8 Å². The summed E-state index contributed by atoms with van der Waals surface area (Å²) in [5.41, 5.74) is 1.46. The van der Waals surface area contributed by atoms with Crippen molar-refractivity contribution in [3.8, 4) is 11.8 Å². The van der Waals surface area contributed by atoms with Crippen LogP contribution in [0.3, 0.4) is 0 Å². The molecule has 1 atom stereocenters. The van der Waals surface area contributed by atoms with Crippen LogP contribution in [0.5, 0.6) is 5.75 Å². The molecule has 0 aromatic heterocycles. The van der Waals surface area contributed by atoms with Crippen LogP contribution in [0.15, 0.2) is 48.5 Å². The van der Waals surface area contributed by atoms with Crippen molar-refractivity contribution < 1.29 is 9.53 Å². The van der Waals surface area contributed by atoms with E-state index in [4.69, 9.17) is 10.00 Å². The Morgan fingerprint density at radius 2 is 1.91 bits per heavy atom.